The van der Waals surface area contributed by atoms with Crippen molar-refractivity contribution >= 4 is 40.9 Å². The van der Waals surface area contributed by atoms with Crippen molar-refractivity contribution in [3.8, 4) is 11.3 Å². The lowest BCUT2D eigenvalue weighted by molar-refractivity contribution is 0.544. The molecule has 0 radical (unpaired) electrons. The van der Waals surface area contributed by atoms with Crippen molar-refractivity contribution in [2.24, 2.45) is 0 Å². The second-order valence-electron chi connectivity index (χ2n) is 8.33. The molecule has 5 nitrogen and oxygen atoms in total. The summed E-state index contributed by atoms with van der Waals surface area (Å²) < 4.78 is 55.9. The van der Waals surface area contributed by atoms with Crippen LogP contribution < -0.4 is 10.8 Å². The fraction of sp³-hybridized carbons (Fsp3) is 0.208. The minimum atomic E-state index is -2.58. The van der Waals surface area contributed by atoms with Crippen molar-refractivity contribution < 1.29 is 17.7 Å². The summed E-state index contributed by atoms with van der Waals surface area (Å²) in [4.78, 5) is 13.0. The van der Waals surface area contributed by atoms with E-state index >= 15 is 0 Å². The number of anilines is 1. The maximum absolute atomic E-state index is 15.0. The summed E-state index contributed by atoms with van der Waals surface area (Å²) in [5, 5.41) is 3.23. The first-order valence-corrected chi connectivity index (χ1v) is 13.3. The summed E-state index contributed by atoms with van der Waals surface area (Å²) in [5.41, 5.74) is 1.75. The Hall–Kier alpha value is -2.96. The quantitative estimate of drug-likeness (QED) is 0.315. The number of aromatic nitrogens is 3. The van der Waals surface area contributed by atoms with Crippen molar-refractivity contribution in [3.63, 3.8) is 0 Å². The SMILES string of the molecule is Cc1nc2cc(F)c(-c3ccc(P(C)(C)=O)nc3)nc2c(N[C@@H](C)c2c(F)cccc2F)c1Cl. The number of benzene rings is 1. The molecular formula is C24H21ClF3N4OP. The Balaban J connectivity index is 1.85. The molecule has 0 aliphatic rings. The molecule has 0 aliphatic carbocycles. The van der Waals surface area contributed by atoms with Crippen LogP contribution in [0.5, 0.6) is 0 Å². The molecule has 34 heavy (non-hydrogen) atoms. The minimum absolute atomic E-state index is 0.0110. The Bertz CT molecular complexity index is 1440. The molecule has 0 saturated carbocycles. The summed E-state index contributed by atoms with van der Waals surface area (Å²) >= 11 is 6.50. The van der Waals surface area contributed by atoms with Gasteiger partial charge in [0.15, 0.2) is 5.82 Å². The van der Waals surface area contributed by atoms with E-state index in [1.165, 1.54) is 30.5 Å². The number of nitrogens with one attached hydrogen (secondary N) is 1. The van der Waals surface area contributed by atoms with Crippen LogP contribution in [0.4, 0.5) is 18.9 Å². The fourth-order valence-corrected chi connectivity index (χ4v) is 4.61. The monoisotopic (exact) mass is 504 g/mol. The van der Waals surface area contributed by atoms with E-state index < -0.39 is 30.6 Å². The number of aryl methyl sites for hydroxylation is 1. The highest BCUT2D eigenvalue weighted by Gasteiger charge is 2.22. The van der Waals surface area contributed by atoms with Crippen LogP contribution in [0, 0.1) is 24.4 Å². The number of hydrogen-bond donors (Lipinski definition) is 1. The predicted molar refractivity (Wildman–Crippen MR) is 130 cm³/mol. The molecule has 0 aliphatic heterocycles. The third-order valence-electron chi connectivity index (χ3n) is 5.38. The highest BCUT2D eigenvalue weighted by molar-refractivity contribution is 7.69. The normalized spacial score (nSPS) is 12.7. The summed E-state index contributed by atoms with van der Waals surface area (Å²) in [5.74, 6) is -2.05. The summed E-state index contributed by atoms with van der Waals surface area (Å²) in [6, 6.07) is 7.19. The van der Waals surface area contributed by atoms with Gasteiger partial charge in [-0.15, -0.1) is 0 Å². The molecule has 4 rings (SSSR count). The average molecular weight is 505 g/mol. The predicted octanol–water partition coefficient (Wildman–Crippen LogP) is 6.49. The zero-order chi connectivity index (χ0) is 24.8. The number of hydrogen-bond acceptors (Lipinski definition) is 5. The van der Waals surface area contributed by atoms with Crippen LogP contribution in [0.2, 0.25) is 5.02 Å². The minimum Gasteiger partial charge on any atom is -0.375 e. The van der Waals surface area contributed by atoms with Crippen molar-refractivity contribution in [1.29, 1.82) is 0 Å². The molecule has 176 valence electrons. The van der Waals surface area contributed by atoms with Crippen LogP contribution in [-0.2, 0) is 4.57 Å². The summed E-state index contributed by atoms with van der Waals surface area (Å²) in [6.45, 7) is 6.42. The van der Waals surface area contributed by atoms with E-state index in [2.05, 4.69) is 20.3 Å². The lowest BCUT2D eigenvalue weighted by Crippen LogP contribution is -2.13. The third kappa shape index (κ3) is 4.52. The maximum Gasteiger partial charge on any atom is 0.151 e. The molecule has 4 aromatic rings. The van der Waals surface area contributed by atoms with E-state index in [1.807, 2.05) is 0 Å². The second-order valence-corrected chi connectivity index (χ2v) is 11.9. The van der Waals surface area contributed by atoms with Gasteiger partial charge in [-0.3, -0.25) is 4.98 Å². The van der Waals surface area contributed by atoms with Crippen LogP contribution in [0.25, 0.3) is 22.3 Å². The molecule has 0 amide bonds. The van der Waals surface area contributed by atoms with Gasteiger partial charge in [-0.2, -0.15) is 0 Å². The maximum atomic E-state index is 15.0. The fourth-order valence-electron chi connectivity index (χ4n) is 3.65. The van der Waals surface area contributed by atoms with Gasteiger partial charge in [0.2, 0.25) is 0 Å². The first kappa shape index (κ1) is 24.2. The molecule has 10 heteroatoms. The summed E-state index contributed by atoms with van der Waals surface area (Å²) in [6.07, 6.45) is 1.40. The van der Waals surface area contributed by atoms with Gasteiger partial charge < -0.3 is 9.88 Å². The third-order valence-corrected chi connectivity index (χ3v) is 7.22. The van der Waals surface area contributed by atoms with E-state index in [9.17, 15) is 17.7 Å². The van der Waals surface area contributed by atoms with E-state index in [-0.39, 0.29) is 33.0 Å². The first-order chi connectivity index (χ1) is 16.0. The zero-order valence-electron chi connectivity index (χ0n) is 18.8. The molecule has 0 saturated heterocycles. The Kier molecular flexibility index (Phi) is 6.40. The molecule has 0 bridgehead atoms. The molecule has 3 aromatic heterocycles. The molecule has 1 N–H and O–H groups in total. The molecule has 0 fully saturated rings. The number of rotatable bonds is 5. The van der Waals surface area contributed by atoms with Crippen LogP contribution >= 0.6 is 18.7 Å². The van der Waals surface area contributed by atoms with E-state index in [1.54, 1.807) is 39.3 Å². The highest BCUT2D eigenvalue weighted by atomic mass is 35.5. The largest absolute Gasteiger partial charge is 0.375 e. The standard InChI is InChI=1S/C24H21ClF3N4OP/c1-12(20-15(26)6-5-7-16(20)27)31-24-21(25)13(2)30-18-10-17(28)22(32-23(18)24)14-8-9-19(29-11-14)34(3,4)33/h5-12H,1-4H3,(H,30,31)/t12-/m0/s1. The van der Waals surface area contributed by atoms with Crippen molar-refractivity contribution in [3.05, 3.63) is 76.3 Å². The Labute approximate surface area is 199 Å². The lowest BCUT2D eigenvalue weighted by Gasteiger charge is -2.20. The van der Waals surface area contributed by atoms with Gasteiger partial charge in [-0.1, -0.05) is 17.7 Å². The van der Waals surface area contributed by atoms with Gasteiger partial charge in [-0.25, -0.2) is 23.1 Å². The van der Waals surface area contributed by atoms with E-state index in [0.717, 1.165) is 0 Å². The molecule has 1 aromatic carbocycles. The Morgan fingerprint density at radius 3 is 2.29 bits per heavy atom. The molecule has 1 atom stereocenters. The number of halogens is 4. The van der Waals surface area contributed by atoms with Gasteiger partial charge in [0, 0.05) is 23.4 Å². The molecular weight excluding hydrogens is 484 g/mol. The van der Waals surface area contributed by atoms with E-state index in [0.29, 0.717) is 16.7 Å². The number of nitrogens with zero attached hydrogens (tertiary/aromatic N) is 3. The first-order valence-electron chi connectivity index (χ1n) is 10.4. The highest BCUT2D eigenvalue weighted by Crippen LogP contribution is 2.37. The van der Waals surface area contributed by atoms with Gasteiger partial charge >= 0.3 is 0 Å². The van der Waals surface area contributed by atoms with Gasteiger partial charge in [0.1, 0.15) is 30.0 Å². The summed E-state index contributed by atoms with van der Waals surface area (Å²) in [7, 11) is -2.58. The van der Waals surface area contributed by atoms with Gasteiger partial charge in [0.05, 0.1) is 33.4 Å². The van der Waals surface area contributed by atoms with Crippen molar-refractivity contribution in [1.82, 2.24) is 15.0 Å². The number of fused-ring (bicyclic) bond motifs is 1. The second kappa shape index (κ2) is 9.01. The topological polar surface area (TPSA) is 67.8 Å². The Morgan fingerprint density at radius 1 is 1.03 bits per heavy atom. The van der Waals surface area contributed by atoms with Gasteiger partial charge in [-0.05, 0) is 51.4 Å². The van der Waals surface area contributed by atoms with E-state index in [4.69, 9.17) is 11.6 Å². The molecule has 0 spiro atoms. The van der Waals surface area contributed by atoms with Crippen molar-refractivity contribution in [2.45, 2.75) is 19.9 Å². The van der Waals surface area contributed by atoms with Gasteiger partial charge in [0.25, 0.3) is 0 Å². The molecule has 0 unspecified atom stereocenters. The van der Waals surface area contributed by atoms with Crippen LogP contribution in [0.3, 0.4) is 0 Å². The lowest BCUT2D eigenvalue weighted by atomic mass is 10.1. The van der Waals surface area contributed by atoms with Crippen molar-refractivity contribution in [2.75, 3.05) is 18.6 Å². The number of pyridine rings is 3. The van der Waals surface area contributed by atoms with Crippen LogP contribution in [0.15, 0.2) is 42.6 Å². The van der Waals surface area contributed by atoms with Crippen LogP contribution in [-0.4, -0.2) is 28.3 Å². The smallest absolute Gasteiger partial charge is 0.151 e. The van der Waals surface area contributed by atoms with Crippen LogP contribution in [0.1, 0.15) is 24.2 Å². The zero-order valence-corrected chi connectivity index (χ0v) is 20.5. The molecule has 3 heterocycles. The average Bonchev–Trinajstić information content (AvgIpc) is 2.76. The Morgan fingerprint density at radius 2 is 1.71 bits per heavy atom.